The summed E-state index contributed by atoms with van der Waals surface area (Å²) in [6, 6.07) is 0. The molecule has 1 aliphatic heterocycles. The van der Waals surface area contributed by atoms with E-state index in [0.717, 1.165) is 30.9 Å². The fourth-order valence-electron chi connectivity index (χ4n) is 2.61. The third-order valence-electron chi connectivity index (χ3n) is 3.64. The summed E-state index contributed by atoms with van der Waals surface area (Å²) < 4.78 is 0. The highest BCUT2D eigenvalue weighted by atomic mass is 32.1. The van der Waals surface area contributed by atoms with E-state index in [2.05, 4.69) is 9.88 Å². The minimum absolute atomic E-state index is 0.212. The van der Waals surface area contributed by atoms with Crippen molar-refractivity contribution in [2.75, 3.05) is 18.0 Å². The maximum Gasteiger partial charge on any atom is 0.308 e. The van der Waals surface area contributed by atoms with Crippen LogP contribution < -0.4 is 4.90 Å². The first-order valence-electron chi connectivity index (χ1n) is 6.20. The quantitative estimate of drug-likeness (QED) is 0.874. The van der Waals surface area contributed by atoms with Crippen LogP contribution in [0.2, 0.25) is 0 Å². The van der Waals surface area contributed by atoms with Gasteiger partial charge in [0.1, 0.15) is 0 Å². The molecule has 0 radical (unpaired) electrons. The van der Waals surface area contributed by atoms with Gasteiger partial charge in [-0.2, -0.15) is 0 Å². The number of anilines is 1. The standard InChI is InChI=1S/C12H16N2O2S/c15-11(16)8-5-6-14(7-8)12-13-9-3-1-2-4-10(9)17-12/h8H,1-7H2,(H,15,16). The van der Waals surface area contributed by atoms with Gasteiger partial charge in [0.2, 0.25) is 0 Å². The number of aryl methyl sites for hydroxylation is 2. The van der Waals surface area contributed by atoms with Gasteiger partial charge in [-0.1, -0.05) is 0 Å². The van der Waals surface area contributed by atoms with Crippen LogP contribution in [-0.4, -0.2) is 29.1 Å². The minimum atomic E-state index is -0.672. The maximum absolute atomic E-state index is 10.9. The molecule has 1 aliphatic carbocycles. The van der Waals surface area contributed by atoms with Crippen LogP contribution >= 0.6 is 11.3 Å². The average Bonchev–Trinajstić information content (AvgIpc) is 2.95. The van der Waals surface area contributed by atoms with Gasteiger partial charge >= 0.3 is 5.97 Å². The Morgan fingerprint density at radius 3 is 2.94 bits per heavy atom. The number of carboxylic acid groups (broad SMARTS) is 1. The SMILES string of the molecule is O=C(O)C1CCN(c2nc3c(s2)CCCC3)C1. The lowest BCUT2D eigenvalue weighted by Crippen LogP contribution is -2.22. The first-order chi connectivity index (χ1) is 8.24. The second kappa shape index (κ2) is 4.29. The van der Waals surface area contributed by atoms with Crippen molar-refractivity contribution in [3.05, 3.63) is 10.6 Å². The molecule has 0 amide bonds. The molecular weight excluding hydrogens is 236 g/mol. The van der Waals surface area contributed by atoms with E-state index in [1.54, 1.807) is 11.3 Å². The number of carboxylic acids is 1. The molecule has 1 N–H and O–H groups in total. The molecule has 1 aromatic rings. The first-order valence-corrected chi connectivity index (χ1v) is 7.02. The predicted molar refractivity (Wildman–Crippen MR) is 66.7 cm³/mol. The van der Waals surface area contributed by atoms with Crippen LogP contribution in [0, 0.1) is 5.92 Å². The molecule has 92 valence electrons. The Bertz CT molecular complexity index is 420. The number of rotatable bonds is 2. The Kier molecular flexibility index (Phi) is 2.78. The van der Waals surface area contributed by atoms with Gasteiger partial charge in [0, 0.05) is 18.0 Å². The Labute approximate surface area is 104 Å². The molecule has 0 bridgehead atoms. The zero-order valence-corrected chi connectivity index (χ0v) is 10.5. The highest BCUT2D eigenvalue weighted by Gasteiger charge is 2.30. The summed E-state index contributed by atoms with van der Waals surface area (Å²) >= 11 is 1.77. The van der Waals surface area contributed by atoms with Crippen LogP contribution in [0.1, 0.15) is 29.8 Å². The molecule has 0 saturated carbocycles. The number of nitrogens with zero attached hydrogens (tertiary/aromatic N) is 2. The number of fused-ring (bicyclic) bond motifs is 1. The van der Waals surface area contributed by atoms with Crippen LogP contribution in [-0.2, 0) is 17.6 Å². The lowest BCUT2D eigenvalue weighted by Gasteiger charge is -2.13. The van der Waals surface area contributed by atoms with Crippen LogP contribution in [0.3, 0.4) is 0 Å². The number of hydrogen-bond acceptors (Lipinski definition) is 4. The van der Waals surface area contributed by atoms with E-state index in [9.17, 15) is 4.79 Å². The molecule has 3 rings (SSSR count). The molecule has 4 nitrogen and oxygen atoms in total. The van der Waals surface area contributed by atoms with Crippen molar-refractivity contribution >= 4 is 22.4 Å². The molecule has 17 heavy (non-hydrogen) atoms. The van der Waals surface area contributed by atoms with Crippen LogP contribution in [0.4, 0.5) is 5.13 Å². The second-order valence-corrected chi connectivity index (χ2v) is 5.91. The van der Waals surface area contributed by atoms with Gasteiger partial charge in [-0.15, -0.1) is 11.3 Å². The Hall–Kier alpha value is -1.10. The largest absolute Gasteiger partial charge is 0.481 e. The van der Waals surface area contributed by atoms with Crippen LogP contribution in [0.5, 0.6) is 0 Å². The van der Waals surface area contributed by atoms with Gasteiger partial charge in [-0.3, -0.25) is 4.79 Å². The number of aromatic nitrogens is 1. The van der Waals surface area contributed by atoms with E-state index in [0.29, 0.717) is 6.54 Å². The van der Waals surface area contributed by atoms with E-state index in [1.807, 2.05) is 0 Å². The molecule has 1 saturated heterocycles. The third-order valence-corrected chi connectivity index (χ3v) is 4.86. The number of thiazole rings is 1. The molecular formula is C12H16N2O2S. The molecule has 5 heteroatoms. The monoisotopic (exact) mass is 252 g/mol. The lowest BCUT2D eigenvalue weighted by atomic mass is 10.0. The van der Waals surface area contributed by atoms with Crippen molar-refractivity contribution in [3.8, 4) is 0 Å². The Morgan fingerprint density at radius 2 is 2.24 bits per heavy atom. The number of aliphatic carboxylic acids is 1. The van der Waals surface area contributed by atoms with Crippen LogP contribution in [0.25, 0.3) is 0 Å². The van der Waals surface area contributed by atoms with E-state index in [4.69, 9.17) is 5.11 Å². The molecule has 2 heterocycles. The highest BCUT2D eigenvalue weighted by molar-refractivity contribution is 7.15. The fourth-order valence-corrected chi connectivity index (χ4v) is 3.79. The molecule has 1 atom stereocenters. The second-order valence-electron chi connectivity index (χ2n) is 4.84. The van der Waals surface area contributed by atoms with Crippen molar-refractivity contribution in [2.24, 2.45) is 5.92 Å². The van der Waals surface area contributed by atoms with Gasteiger partial charge in [0.15, 0.2) is 5.13 Å². The normalized spacial score (nSPS) is 23.8. The molecule has 1 unspecified atom stereocenters. The highest BCUT2D eigenvalue weighted by Crippen LogP contribution is 2.34. The Balaban J connectivity index is 1.77. The van der Waals surface area contributed by atoms with E-state index in [1.165, 1.54) is 23.4 Å². The number of hydrogen-bond donors (Lipinski definition) is 1. The van der Waals surface area contributed by atoms with Crippen molar-refractivity contribution in [3.63, 3.8) is 0 Å². The van der Waals surface area contributed by atoms with Crippen molar-refractivity contribution in [1.82, 2.24) is 4.98 Å². The summed E-state index contributed by atoms with van der Waals surface area (Å²) in [6.07, 6.45) is 5.52. The van der Waals surface area contributed by atoms with Crippen molar-refractivity contribution in [1.29, 1.82) is 0 Å². The fraction of sp³-hybridized carbons (Fsp3) is 0.667. The summed E-state index contributed by atoms with van der Waals surface area (Å²) in [7, 11) is 0. The lowest BCUT2D eigenvalue weighted by molar-refractivity contribution is -0.140. The summed E-state index contributed by atoms with van der Waals surface area (Å²) in [4.78, 5) is 19.2. The predicted octanol–water partition coefficient (Wildman–Crippen LogP) is 1.93. The third kappa shape index (κ3) is 2.04. The smallest absolute Gasteiger partial charge is 0.308 e. The van der Waals surface area contributed by atoms with Crippen LogP contribution in [0.15, 0.2) is 0 Å². The Morgan fingerprint density at radius 1 is 1.41 bits per heavy atom. The average molecular weight is 252 g/mol. The van der Waals surface area contributed by atoms with E-state index in [-0.39, 0.29) is 5.92 Å². The topological polar surface area (TPSA) is 53.4 Å². The van der Waals surface area contributed by atoms with Gasteiger partial charge in [0.05, 0.1) is 11.6 Å². The summed E-state index contributed by atoms with van der Waals surface area (Å²) in [5, 5.41) is 10.0. The van der Waals surface area contributed by atoms with Crippen molar-refractivity contribution < 1.29 is 9.90 Å². The minimum Gasteiger partial charge on any atom is -0.481 e. The zero-order chi connectivity index (χ0) is 11.8. The maximum atomic E-state index is 10.9. The number of carbonyl (C=O) groups is 1. The summed E-state index contributed by atoms with van der Waals surface area (Å²) in [6.45, 7) is 1.46. The molecule has 0 spiro atoms. The summed E-state index contributed by atoms with van der Waals surface area (Å²) in [5.41, 5.74) is 1.26. The summed E-state index contributed by atoms with van der Waals surface area (Å²) in [5.74, 6) is -0.884. The molecule has 2 aliphatic rings. The van der Waals surface area contributed by atoms with Gasteiger partial charge in [-0.05, 0) is 32.1 Å². The molecule has 1 fully saturated rings. The van der Waals surface area contributed by atoms with Gasteiger partial charge in [0.25, 0.3) is 0 Å². The van der Waals surface area contributed by atoms with Gasteiger partial charge < -0.3 is 10.0 Å². The molecule has 1 aromatic heterocycles. The zero-order valence-electron chi connectivity index (χ0n) is 9.69. The van der Waals surface area contributed by atoms with Crippen molar-refractivity contribution in [2.45, 2.75) is 32.1 Å². The van der Waals surface area contributed by atoms with Gasteiger partial charge in [-0.25, -0.2) is 4.98 Å². The first kappa shape index (κ1) is 11.0. The molecule has 0 aromatic carbocycles. The van der Waals surface area contributed by atoms with E-state index < -0.39 is 5.97 Å². The van der Waals surface area contributed by atoms with E-state index >= 15 is 0 Å².